The van der Waals surface area contributed by atoms with Crippen molar-refractivity contribution < 1.29 is 4.79 Å². The van der Waals surface area contributed by atoms with Crippen LogP contribution in [-0.2, 0) is 10.2 Å². The Hall–Kier alpha value is -1.56. The van der Waals surface area contributed by atoms with Gasteiger partial charge in [0.2, 0.25) is 5.91 Å². The number of aliphatic imine (C=N–C) groups is 1. The molecular formula is C17H30N4OS. The van der Waals surface area contributed by atoms with Crippen LogP contribution in [0.4, 0.5) is 0 Å². The fourth-order valence-electron chi connectivity index (χ4n) is 2.02. The lowest BCUT2D eigenvalue weighted by atomic mass is 9.91. The fraction of sp³-hybridized carbons (Fsp3) is 0.647. The number of carbonyl (C=O) groups is 1. The summed E-state index contributed by atoms with van der Waals surface area (Å²) in [6, 6.07) is 4.46. The number of amides is 1. The van der Waals surface area contributed by atoms with E-state index >= 15 is 0 Å². The second kappa shape index (κ2) is 9.55. The number of thiophene rings is 1. The van der Waals surface area contributed by atoms with Crippen molar-refractivity contribution in [3.63, 3.8) is 0 Å². The largest absolute Gasteiger partial charge is 0.356 e. The van der Waals surface area contributed by atoms with E-state index < -0.39 is 0 Å². The first-order valence-corrected chi connectivity index (χ1v) is 9.05. The zero-order valence-electron chi connectivity index (χ0n) is 14.9. The highest BCUT2D eigenvalue weighted by Crippen LogP contribution is 2.26. The molecule has 0 radical (unpaired) electrons. The van der Waals surface area contributed by atoms with E-state index in [9.17, 15) is 4.79 Å². The Morgan fingerprint density at radius 2 is 2.13 bits per heavy atom. The summed E-state index contributed by atoms with van der Waals surface area (Å²) in [6.07, 6.45) is 1.39. The maximum atomic E-state index is 11.7. The summed E-state index contributed by atoms with van der Waals surface area (Å²) in [5.41, 5.74) is 0.0414. The van der Waals surface area contributed by atoms with Crippen LogP contribution in [0.15, 0.2) is 22.5 Å². The minimum Gasteiger partial charge on any atom is -0.356 e. The molecule has 1 rings (SSSR count). The Morgan fingerprint density at radius 1 is 1.39 bits per heavy atom. The van der Waals surface area contributed by atoms with Crippen LogP contribution in [-0.4, -0.2) is 38.0 Å². The lowest BCUT2D eigenvalue weighted by Crippen LogP contribution is -2.44. The molecule has 0 aliphatic carbocycles. The molecule has 1 unspecified atom stereocenters. The fourth-order valence-corrected chi connectivity index (χ4v) is 2.87. The van der Waals surface area contributed by atoms with Crippen LogP contribution in [0, 0.1) is 0 Å². The molecule has 5 nitrogen and oxygen atoms in total. The van der Waals surface area contributed by atoms with Crippen molar-refractivity contribution in [2.45, 2.75) is 52.0 Å². The van der Waals surface area contributed by atoms with E-state index in [-0.39, 0.29) is 17.4 Å². The third-order valence-electron chi connectivity index (χ3n) is 3.77. The van der Waals surface area contributed by atoms with Crippen molar-refractivity contribution in [1.82, 2.24) is 16.0 Å². The molecule has 1 aromatic heterocycles. The van der Waals surface area contributed by atoms with Gasteiger partial charge in [0.15, 0.2) is 5.96 Å². The van der Waals surface area contributed by atoms with Crippen LogP contribution in [0.2, 0.25) is 0 Å². The van der Waals surface area contributed by atoms with Crippen molar-refractivity contribution in [3.8, 4) is 0 Å². The Labute approximate surface area is 144 Å². The van der Waals surface area contributed by atoms with Gasteiger partial charge in [-0.05, 0) is 24.8 Å². The zero-order chi connectivity index (χ0) is 17.3. The number of hydrogen-bond acceptors (Lipinski definition) is 3. The number of nitrogens with one attached hydrogen (secondary N) is 3. The standard InChI is InChI=1S/C17H30N4OS/c1-6-13(2)21-15(22)9-10-19-16(18-5)20-12-17(3,4)14-8-7-11-23-14/h7-8,11,13H,6,9-10,12H2,1-5H3,(H,21,22)(H2,18,19,20). The molecule has 0 fully saturated rings. The Kier molecular flexibility index (Phi) is 8.09. The van der Waals surface area contributed by atoms with Gasteiger partial charge in [-0.1, -0.05) is 26.8 Å². The van der Waals surface area contributed by atoms with Crippen LogP contribution < -0.4 is 16.0 Å². The van der Waals surface area contributed by atoms with Gasteiger partial charge in [-0.2, -0.15) is 0 Å². The number of hydrogen-bond donors (Lipinski definition) is 3. The molecule has 23 heavy (non-hydrogen) atoms. The highest BCUT2D eigenvalue weighted by molar-refractivity contribution is 7.10. The molecule has 1 amide bonds. The van der Waals surface area contributed by atoms with E-state index in [0.717, 1.165) is 18.9 Å². The third kappa shape index (κ3) is 7.03. The van der Waals surface area contributed by atoms with Gasteiger partial charge in [-0.3, -0.25) is 9.79 Å². The predicted octanol–water partition coefficient (Wildman–Crippen LogP) is 2.50. The maximum Gasteiger partial charge on any atom is 0.221 e. The molecule has 130 valence electrons. The maximum absolute atomic E-state index is 11.7. The molecule has 1 heterocycles. The molecule has 1 atom stereocenters. The molecule has 1 aromatic rings. The van der Waals surface area contributed by atoms with E-state index in [1.165, 1.54) is 4.88 Å². The number of rotatable bonds is 8. The van der Waals surface area contributed by atoms with Gasteiger partial charge in [-0.15, -0.1) is 11.3 Å². The third-order valence-corrected chi connectivity index (χ3v) is 5.01. The minimum atomic E-state index is 0.0414. The quantitative estimate of drug-likeness (QED) is 0.504. The highest BCUT2D eigenvalue weighted by atomic mass is 32.1. The normalized spacial score (nSPS) is 13.5. The van der Waals surface area contributed by atoms with Crippen molar-refractivity contribution in [3.05, 3.63) is 22.4 Å². The molecule has 0 saturated heterocycles. The number of guanidine groups is 1. The van der Waals surface area contributed by atoms with Crippen LogP contribution >= 0.6 is 11.3 Å². The van der Waals surface area contributed by atoms with Crippen LogP contribution in [0.1, 0.15) is 45.4 Å². The Balaban J connectivity index is 2.34. The molecular weight excluding hydrogens is 308 g/mol. The minimum absolute atomic E-state index is 0.0414. The molecule has 6 heteroatoms. The molecule has 0 saturated carbocycles. The average molecular weight is 339 g/mol. The first-order valence-electron chi connectivity index (χ1n) is 8.17. The predicted molar refractivity (Wildman–Crippen MR) is 99.2 cm³/mol. The summed E-state index contributed by atoms with van der Waals surface area (Å²) in [6.45, 7) is 9.84. The molecule has 3 N–H and O–H groups in total. The summed E-state index contributed by atoms with van der Waals surface area (Å²) in [4.78, 5) is 17.3. The van der Waals surface area contributed by atoms with Crippen molar-refractivity contribution >= 4 is 23.2 Å². The molecule has 0 aliphatic heterocycles. The SMILES string of the molecule is CCC(C)NC(=O)CCNC(=NC)NCC(C)(C)c1cccs1. The summed E-state index contributed by atoms with van der Waals surface area (Å²) in [5, 5.41) is 11.6. The van der Waals surface area contributed by atoms with Crippen molar-refractivity contribution in [2.24, 2.45) is 4.99 Å². The van der Waals surface area contributed by atoms with E-state index in [2.05, 4.69) is 59.2 Å². The van der Waals surface area contributed by atoms with Gasteiger partial charge in [-0.25, -0.2) is 0 Å². The summed E-state index contributed by atoms with van der Waals surface area (Å²) in [5.74, 6) is 0.798. The van der Waals surface area contributed by atoms with Crippen molar-refractivity contribution in [1.29, 1.82) is 0 Å². The van der Waals surface area contributed by atoms with Gasteiger partial charge < -0.3 is 16.0 Å². The zero-order valence-corrected chi connectivity index (χ0v) is 15.7. The Morgan fingerprint density at radius 3 is 2.70 bits per heavy atom. The first kappa shape index (κ1) is 19.5. The van der Waals surface area contributed by atoms with E-state index in [4.69, 9.17) is 0 Å². The van der Waals surface area contributed by atoms with Crippen LogP contribution in [0.5, 0.6) is 0 Å². The van der Waals surface area contributed by atoms with Crippen LogP contribution in [0.3, 0.4) is 0 Å². The van der Waals surface area contributed by atoms with Crippen LogP contribution in [0.25, 0.3) is 0 Å². The number of nitrogens with zero attached hydrogens (tertiary/aromatic N) is 1. The summed E-state index contributed by atoms with van der Waals surface area (Å²) < 4.78 is 0. The molecule has 0 spiro atoms. The first-order chi connectivity index (χ1) is 10.9. The van der Waals surface area contributed by atoms with Crippen molar-refractivity contribution in [2.75, 3.05) is 20.1 Å². The summed E-state index contributed by atoms with van der Waals surface area (Å²) in [7, 11) is 1.74. The van der Waals surface area contributed by atoms with Gasteiger partial charge in [0.1, 0.15) is 0 Å². The van der Waals surface area contributed by atoms with Gasteiger partial charge in [0.05, 0.1) is 0 Å². The van der Waals surface area contributed by atoms with Gasteiger partial charge >= 0.3 is 0 Å². The lowest BCUT2D eigenvalue weighted by Gasteiger charge is -2.25. The highest BCUT2D eigenvalue weighted by Gasteiger charge is 2.21. The second-order valence-electron chi connectivity index (χ2n) is 6.34. The van der Waals surface area contributed by atoms with Gasteiger partial charge in [0, 0.05) is 42.9 Å². The topological polar surface area (TPSA) is 65.5 Å². The lowest BCUT2D eigenvalue weighted by molar-refractivity contribution is -0.121. The smallest absolute Gasteiger partial charge is 0.221 e. The average Bonchev–Trinajstić information content (AvgIpc) is 3.05. The molecule has 0 aromatic carbocycles. The molecule has 0 bridgehead atoms. The summed E-state index contributed by atoms with van der Waals surface area (Å²) >= 11 is 1.77. The Bertz CT molecular complexity index is 497. The second-order valence-corrected chi connectivity index (χ2v) is 7.29. The number of carbonyl (C=O) groups excluding carboxylic acids is 1. The van der Waals surface area contributed by atoms with Gasteiger partial charge in [0.25, 0.3) is 0 Å². The van der Waals surface area contributed by atoms with E-state index in [0.29, 0.717) is 13.0 Å². The molecule has 0 aliphatic rings. The monoisotopic (exact) mass is 338 g/mol. The van der Waals surface area contributed by atoms with E-state index in [1.807, 2.05) is 6.92 Å². The van der Waals surface area contributed by atoms with E-state index in [1.54, 1.807) is 18.4 Å².